The Bertz CT molecular complexity index is 911. The van der Waals surface area contributed by atoms with Gasteiger partial charge in [-0.1, -0.05) is 13.8 Å². The molecule has 0 fully saturated rings. The van der Waals surface area contributed by atoms with Crippen LogP contribution in [0.25, 0.3) is 16.6 Å². The minimum Gasteiger partial charge on any atom is -0.492 e. The van der Waals surface area contributed by atoms with E-state index in [1.165, 1.54) is 10.6 Å². The molecular weight excluding hydrogens is 304 g/mol. The van der Waals surface area contributed by atoms with Gasteiger partial charge >= 0.3 is 0 Å². The Morgan fingerprint density at radius 1 is 1.25 bits per heavy atom. The molecule has 0 spiro atoms. The van der Waals surface area contributed by atoms with Gasteiger partial charge in [0.25, 0.3) is 0 Å². The predicted octanol–water partition coefficient (Wildman–Crippen LogP) is 2.09. The number of aryl methyl sites for hydroxylation is 1. The molecule has 2 aromatic heterocycles. The number of ether oxygens (including phenoxy) is 1. The molecule has 0 radical (unpaired) electrons. The predicted molar refractivity (Wildman–Crippen MR) is 94.6 cm³/mol. The van der Waals surface area contributed by atoms with Gasteiger partial charge in [0.05, 0.1) is 17.4 Å². The van der Waals surface area contributed by atoms with Crippen LogP contribution < -0.4 is 16.0 Å². The van der Waals surface area contributed by atoms with Crippen molar-refractivity contribution in [1.29, 1.82) is 0 Å². The molecule has 24 heavy (non-hydrogen) atoms. The van der Waals surface area contributed by atoms with Crippen LogP contribution in [0.1, 0.15) is 13.8 Å². The van der Waals surface area contributed by atoms with Crippen LogP contribution in [0.5, 0.6) is 5.75 Å². The van der Waals surface area contributed by atoms with Gasteiger partial charge in [0, 0.05) is 30.7 Å². The fourth-order valence-electron chi connectivity index (χ4n) is 2.40. The molecule has 0 saturated heterocycles. The summed E-state index contributed by atoms with van der Waals surface area (Å²) in [5, 5.41) is 5.39. The first-order valence-corrected chi connectivity index (χ1v) is 7.99. The Morgan fingerprint density at radius 3 is 2.75 bits per heavy atom. The number of nitrogens with two attached hydrogens (primary N) is 1. The maximum atomic E-state index is 11.5. The molecule has 6 heteroatoms. The molecule has 3 aromatic rings. The summed E-state index contributed by atoms with van der Waals surface area (Å²) in [6, 6.07) is 9.13. The van der Waals surface area contributed by atoms with Gasteiger partial charge in [-0.15, -0.1) is 0 Å². The molecule has 0 bridgehead atoms. The van der Waals surface area contributed by atoms with Gasteiger partial charge in [-0.05, 0) is 30.2 Å². The lowest BCUT2D eigenvalue weighted by Gasteiger charge is -2.16. The Labute approximate surface area is 140 Å². The van der Waals surface area contributed by atoms with Crippen molar-refractivity contribution < 1.29 is 4.74 Å². The van der Waals surface area contributed by atoms with Gasteiger partial charge in [-0.3, -0.25) is 4.79 Å². The zero-order valence-electron chi connectivity index (χ0n) is 14.1. The Kier molecular flexibility index (Phi) is 4.40. The molecule has 0 aliphatic rings. The third kappa shape index (κ3) is 3.19. The molecule has 2 heterocycles. The van der Waals surface area contributed by atoms with E-state index in [2.05, 4.69) is 18.9 Å². The largest absolute Gasteiger partial charge is 0.492 e. The van der Waals surface area contributed by atoms with Crippen molar-refractivity contribution >= 4 is 10.9 Å². The highest BCUT2D eigenvalue weighted by Gasteiger charge is 2.10. The number of nitrogens with zero attached hydrogens (tertiary/aromatic N) is 3. The molecule has 1 unspecified atom stereocenters. The summed E-state index contributed by atoms with van der Waals surface area (Å²) in [6.07, 6.45) is 3.55. The normalized spacial score (nSPS) is 12.7. The number of fused-ring (bicyclic) bond motifs is 1. The van der Waals surface area contributed by atoms with Gasteiger partial charge in [-0.2, -0.15) is 5.10 Å². The highest BCUT2D eigenvalue weighted by molar-refractivity contribution is 5.81. The van der Waals surface area contributed by atoms with Crippen LogP contribution in [0.2, 0.25) is 0 Å². The maximum Gasteiger partial charge on any atom is 0.250 e. The van der Waals surface area contributed by atoms with Crippen LogP contribution in [0.4, 0.5) is 0 Å². The van der Waals surface area contributed by atoms with Gasteiger partial charge < -0.3 is 15.0 Å². The number of benzene rings is 1. The SMILES string of the molecule is CC(C)C(N)COc1ccc2c(cnn2-c2ccc(=O)n(C)c2)c1. The van der Waals surface area contributed by atoms with Crippen molar-refractivity contribution in [2.24, 2.45) is 18.7 Å². The molecule has 6 nitrogen and oxygen atoms in total. The molecule has 1 atom stereocenters. The standard InChI is InChI=1S/C18H22N4O2/c1-12(2)16(19)11-24-15-5-6-17-13(8-15)9-20-22(17)14-4-7-18(23)21(3)10-14/h4-10,12,16H,11,19H2,1-3H3. The molecule has 2 N–H and O–H groups in total. The van der Waals surface area contributed by atoms with Crippen LogP contribution in [-0.2, 0) is 7.05 Å². The van der Waals surface area contributed by atoms with Crippen molar-refractivity contribution in [2.45, 2.75) is 19.9 Å². The molecule has 0 amide bonds. The average Bonchev–Trinajstić information content (AvgIpc) is 2.98. The number of hydrogen-bond donors (Lipinski definition) is 1. The second-order valence-corrected chi connectivity index (χ2v) is 6.33. The lowest BCUT2D eigenvalue weighted by molar-refractivity contribution is 0.260. The van der Waals surface area contributed by atoms with E-state index >= 15 is 0 Å². The first-order valence-electron chi connectivity index (χ1n) is 7.99. The first kappa shape index (κ1) is 16.3. The van der Waals surface area contributed by atoms with E-state index in [0.29, 0.717) is 12.5 Å². The summed E-state index contributed by atoms with van der Waals surface area (Å²) >= 11 is 0. The summed E-state index contributed by atoms with van der Waals surface area (Å²) in [6.45, 7) is 4.64. The van der Waals surface area contributed by atoms with Crippen molar-refractivity contribution in [1.82, 2.24) is 14.3 Å². The second kappa shape index (κ2) is 6.49. The van der Waals surface area contributed by atoms with E-state index in [0.717, 1.165) is 22.3 Å². The van der Waals surface area contributed by atoms with E-state index in [1.807, 2.05) is 18.2 Å². The smallest absolute Gasteiger partial charge is 0.250 e. The van der Waals surface area contributed by atoms with E-state index in [1.54, 1.807) is 30.2 Å². The minimum absolute atomic E-state index is 0.00836. The van der Waals surface area contributed by atoms with Crippen LogP contribution in [0, 0.1) is 5.92 Å². The topological polar surface area (TPSA) is 75.1 Å². The average molecular weight is 326 g/mol. The zero-order valence-corrected chi connectivity index (χ0v) is 14.1. The summed E-state index contributed by atoms with van der Waals surface area (Å²) in [5.41, 5.74) is 7.75. The van der Waals surface area contributed by atoms with Gasteiger partial charge in [0.15, 0.2) is 0 Å². The molecule has 0 aliphatic heterocycles. The van der Waals surface area contributed by atoms with Crippen molar-refractivity contribution in [2.75, 3.05) is 6.61 Å². The molecule has 3 rings (SSSR count). The number of rotatable bonds is 5. The molecule has 0 saturated carbocycles. The van der Waals surface area contributed by atoms with Crippen LogP contribution in [-0.4, -0.2) is 27.0 Å². The fraction of sp³-hybridized carbons (Fsp3) is 0.333. The maximum absolute atomic E-state index is 11.5. The minimum atomic E-state index is -0.0487. The van der Waals surface area contributed by atoms with Gasteiger partial charge in [0.1, 0.15) is 12.4 Å². The van der Waals surface area contributed by atoms with Crippen LogP contribution >= 0.6 is 0 Å². The van der Waals surface area contributed by atoms with Crippen molar-refractivity contribution in [3.8, 4) is 11.4 Å². The quantitative estimate of drug-likeness (QED) is 0.779. The summed E-state index contributed by atoms with van der Waals surface area (Å²) in [5.74, 6) is 1.15. The van der Waals surface area contributed by atoms with Gasteiger partial charge in [0.2, 0.25) is 5.56 Å². The summed E-state index contributed by atoms with van der Waals surface area (Å²) in [4.78, 5) is 11.5. The Balaban J connectivity index is 1.88. The molecule has 1 aromatic carbocycles. The Morgan fingerprint density at radius 2 is 2.04 bits per heavy atom. The van der Waals surface area contributed by atoms with E-state index in [9.17, 15) is 4.79 Å². The number of aromatic nitrogens is 3. The zero-order chi connectivity index (χ0) is 17.3. The summed E-state index contributed by atoms with van der Waals surface area (Å²) in [7, 11) is 1.72. The van der Waals surface area contributed by atoms with E-state index < -0.39 is 0 Å². The molecular formula is C18H22N4O2. The van der Waals surface area contributed by atoms with Crippen molar-refractivity contribution in [3.63, 3.8) is 0 Å². The van der Waals surface area contributed by atoms with Crippen LogP contribution in [0.3, 0.4) is 0 Å². The highest BCUT2D eigenvalue weighted by Crippen LogP contribution is 2.23. The van der Waals surface area contributed by atoms with Gasteiger partial charge in [-0.25, -0.2) is 4.68 Å². The third-order valence-corrected chi connectivity index (χ3v) is 4.15. The second-order valence-electron chi connectivity index (χ2n) is 6.33. The Hall–Kier alpha value is -2.60. The van der Waals surface area contributed by atoms with Crippen molar-refractivity contribution in [3.05, 3.63) is 53.1 Å². The summed E-state index contributed by atoms with van der Waals surface area (Å²) < 4.78 is 9.12. The lowest BCUT2D eigenvalue weighted by Crippen LogP contribution is -2.32. The van der Waals surface area contributed by atoms with Crippen LogP contribution in [0.15, 0.2) is 47.5 Å². The molecule has 0 aliphatic carbocycles. The third-order valence-electron chi connectivity index (χ3n) is 4.15. The fourth-order valence-corrected chi connectivity index (χ4v) is 2.40. The molecule has 126 valence electrons. The highest BCUT2D eigenvalue weighted by atomic mass is 16.5. The van der Waals surface area contributed by atoms with E-state index in [-0.39, 0.29) is 11.6 Å². The number of hydrogen-bond acceptors (Lipinski definition) is 4. The monoisotopic (exact) mass is 326 g/mol. The first-order chi connectivity index (χ1) is 11.5. The van der Waals surface area contributed by atoms with E-state index in [4.69, 9.17) is 10.5 Å². The number of pyridine rings is 1. The lowest BCUT2D eigenvalue weighted by atomic mass is 10.1.